The number of hydrogen-bond donors (Lipinski definition) is 2. The smallest absolute Gasteiger partial charge is 0.244 e. The van der Waals surface area contributed by atoms with Crippen LogP contribution in [0.1, 0.15) is 0 Å². The maximum atomic E-state index is 12.8. The monoisotopic (exact) mass is 410 g/mol. The van der Waals surface area contributed by atoms with Crippen molar-refractivity contribution in [3.05, 3.63) is 78.9 Å². The Hall–Kier alpha value is -4.46. The van der Waals surface area contributed by atoms with E-state index in [9.17, 15) is 4.79 Å². The average molecular weight is 410 g/mol. The van der Waals surface area contributed by atoms with E-state index in [1.807, 2.05) is 78.9 Å². The summed E-state index contributed by atoms with van der Waals surface area (Å²) in [5.41, 5.74) is 10.6. The number of aromatic nitrogens is 4. The molecule has 0 bridgehead atoms. The Balaban J connectivity index is 1.40. The van der Waals surface area contributed by atoms with Crippen LogP contribution < -0.4 is 11.1 Å². The Morgan fingerprint density at radius 2 is 1.61 bits per heavy atom. The quantitative estimate of drug-likeness (QED) is 0.453. The van der Waals surface area contributed by atoms with Crippen LogP contribution in [0.2, 0.25) is 0 Å². The Morgan fingerprint density at radius 1 is 0.903 bits per heavy atom. The summed E-state index contributed by atoms with van der Waals surface area (Å²) in [4.78, 5) is 17.4. The highest BCUT2D eigenvalue weighted by atomic mass is 16.6. The van der Waals surface area contributed by atoms with Crippen molar-refractivity contribution >= 4 is 28.4 Å². The first-order valence-corrected chi connectivity index (χ1v) is 9.68. The van der Waals surface area contributed by atoms with Crippen LogP contribution in [0.5, 0.6) is 0 Å². The fourth-order valence-electron chi connectivity index (χ4n) is 3.49. The number of imidazole rings is 1. The van der Waals surface area contributed by atoms with Crippen LogP contribution in [0.4, 0.5) is 11.5 Å². The zero-order valence-corrected chi connectivity index (χ0v) is 16.4. The molecule has 0 saturated carbocycles. The second-order valence-corrected chi connectivity index (χ2v) is 7.00. The van der Waals surface area contributed by atoms with Gasteiger partial charge < -0.3 is 15.6 Å². The van der Waals surface area contributed by atoms with Gasteiger partial charge in [0.15, 0.2) is 17.3 Å². The van der Waals surface area contributed by atoms with Gasteiger partial charge in [0.25, 0.3) is 0 Å². The Morgan fingerprint density at radius 3 is 2.35 bits per heavy atom. The first kappa shape index (κ1) is 18.6. The Kier molecular flexibility index (Phi) is 4.64. The molecule has 0 saturated heterocycles. The molecule has 3 N–H and O–H groups in total. The van der Waals surface area contributed by atoms with E-state index in [2.05, 4.69) is 20.6 Å². The van der Waals surface area contributed by atoms with E-state index in [-0.39, 0.29) is 18.3 Å². The van der Waals surface area contributed by atoms with Crippen LogP contribution in [0, 0.1) is 0 Å². The minimum atomic E-state index is -0.202. The molecular formula is C23H18N6O2. The van der Waals surface area contributed by atoms with Gasteiger partial charge in [-0.05, 0) is 45.7 Å². The summed E-state index contributed by atoms with van der Waals surface area (Å²) in [6.45, 7) is 0.0303. The zero-order chi connectivity index (χ0) is 21.2. The molecule has 1 amide bonds. The van der Waals surface area contributed by atoms with Gasteiger partial charge in [0.1, 0.15) is 6.54 Å². The standard InChI is InChI=1S/C23H18N6O2/c24-22-21(27-31-28-22)23-26-18-8-4-5-9-19(18)29(23)14-20(30)25-17-12-10-16(11-13-17)15-6-2-1-3-7-15/h1-13H,14H2,(H2,24,28)(H,25,30). The third-order valence-corrected chi connectivity index (χ3v) is 4.96. The minimum Gasteiger partial charge on any atom is -0.379 e. The Labute approximate surface area is 177 Å². The number of para-hydroxylation sites is 2. The van der Waals surface area contributed by atoms with Gasteiger partial charge in [-0.1, -0.05) is 54.6 Å². The topological polar surface area (TPSA) is 112 Å². The fraction of sp³-hybridized carbons (Fsp3) is 0.0435. The molecule has 0 radical (unpaired) electrons. The number of anilines is 2. The molecule has 0 aliphatic rings. The predicted molar refractivity (Wildman–Crippen MR) is 118 cm³/mol. The van der Waals surface area contributed by atoms with Crippen molar-refractivity contribution in [1.82, 2.24) is 19.9 Å². The highest BCUT2D eigenvalue weighted by molar-refractivity contribution is 5.93. The van der Waals surface area contributed by atoms with Crippen LogP contribution in [0.3, 0.4) is 0 Å². The highest BCUT2D eigenvalue weighted by Gasteiger charge is 2.20. The number of fused-ring (bicyclic) bond motifs is 1. The van der Waals surface area contributed by atoms with E-state index in [1.165, 1.54) is 0 Å². The molecule has 0 spiro atoms. The van der Waals surface area contributed by atoms with Crippen molar-refractivity contribution in [1.29, 1.82) is 0 Å². The number of amides is 1. The number of hydrogen-bond acceptors (Lipinski definition) is 6. The van der Waals surface area contributed by atoms with Crippen LogP contribution in [0.15, 0.2) is 83.5 Å². The highest BCUT2D eigenvalue weighted by Crippen LogP contribution is 2.27. The zero-order valence-electron chi connectivity index (χ0n) is 16.4. The van der Waals surface area contributed by atoms with Gasteiger partial charge >= 0.3 is 0 Å². The molecule has 5 aromatic rings. The van der Waals surface area contributed by atoms with Gasteiger partial charge in [-0.2, -0.15) is 0 Å². The summed E-state index contributed by atoms with van der Waals surface area (Å²) >= 11 is 0. The molecule has 8 nitrogen and oxygen atoms in total. The van der Waals surface area contributed by atoms with E-state index in [1.54, 1.807) is 4.57 Å². The predicted octanol–water partition coefficient (Wildman–Crippen LogP) is 3.97. The van der Waals surface area contributed by atoms with Gasteiger partial charge in [0, 0.05) is 5.69 Å². The SMILES string of the molecule is Nc1nonc1-c1nc2ccccc2n1CC(=O)Nc1ccc(-c2ccccc2)cc1. The van der Waals surface area contributed by atoms with E-state index < -0.39 is 0 Å². The lowest BCUT2D eigenvalue weighted by Gasteiger charge is -2.10. The van der Waals surface area contributed by atoms with Crippen molar-refractivity contribution in [2.45, 2.75) is 6.54 Å². The molecule has 0 aliphatic heterocycles. The van der Waals surface area contributed by atoms with Gasteiger partial charge in [-0.25, -0.2) is 9.61 Å². The van der Waals surface area contributed by atoms with Gasteiger partial charge in [0.2, 0.25) is 5.91 Å². The van der Waals surface area contributed by atoms with Crippen molar-refractivity contribution in [2.75, 3.05) is 11.1 Å². The Bertz CT molecular complexity index is 1360. The van der Waals surface area contributed by atoms with Crippen LogP contribution in [0.25, 0.3) is 33.7 Å². The normalized spacial score (nSPS) is 11.0. The average Bonchev–Trinajstić information content (AvgIpc) is 3.38. The van der Waals surface area contributed by atoms with Crippen LogP contribution in [-0.2, 0) is 11.3 Å². The minimum absolute atomic E-state index is 0.0303. The molecule has 31 heavy (non-hydrogen) atoms. The summed E-state index contributed by atoms with van der Waals surface area (Å²) < 4.78 is 6.47. The lowest BCUT2D eigenvalue weighted by atomic mass is 10.1. The molecule has 5 rings (SSSR count). The molecule has 3 aromatic carbocycles. The summed E-state index contributed by atoms with van der Waals surface area (Å²) in [5.74, 6) is 0.342. The number of benzene rings is 3. The molecule has 2 aromatic heterocycles. The van der Waals surface area contributed by atoms with Crippen molar-refractivity contribution < 1.29 is 9.42 Å². The van der Waals surface area contributed by atoms with Crippen LogP contribution >= 0.6 is 0 Å². The molecule has 0 fully saturated rings. The summed E-state index contributed by atoms with van der Waals surface area (Å²) in [6, 6.07) is 25.3. The second kappa shape index (κ2) is 7.75. The largest absolute Gasteiger partial charge is 0.379 e. The molecule has 0 aliphatic carbocycles. The van der Waals surface area contributed by atoms with Gasteiger partial charge in [-0.3, -0.25) is 4.79 Å². The molecule has 0 atom stereocenters. The summed E-state index contributed by atoms with van der Waals surface area (Å²) in [5, 5.41) is 10.4. The number of nitrogens with one attached hydrogen (secondary N) is 1. The van der Waals surface area contributed by atoms with E-state index >= 15 is 0 Å². The number of rotatable bonds is 5. The van der Waals surface area contributed by atoms with Crippen molar-refractivity contribution in [2.24, 2.45) is 0 Å². The summed E-state index contributed by atoms with van der Waals surface area (Å²) in [6.07, 6.45) is 0. The number of carbonyl (C=O) groups is 1. The first-order valence-electron chi connectivity index (χ1n) is 9.68. The first-order chi connectivity index (χ1) is 15.2. The third-order valence-electron chi connectivity index (χ3n) is 4.96. The van der Waals surface area contributed by atoms with E-state index in [0.717, 1.165) is 22.2 Å². The molecule has 2 heterocycles. The van der Waals surface area contributed by atoms with Gasteiger partial charge in [0.05, 0.1) is 11.0 Å². The maximum Gasteiger partial charge on any atom is 0.244 e. The molecule has 8 heteroatoms. The lowest BCUT2D eigenvalue weighted by molar-refractivity contribution is -0.116. The second-order valence-electron chi connectivity index (χ2n) is 7.00. The molecular weight excluding hydrogens is 392 g/mol. The number of nitrogen functional groups attached to an aromatic ring is 1. The number of nitrogens with zero attached hydrogens (tertiary/aromatic N) is 4. The third kappa shape index (κ3) is 3.62. The maximum absolute atomic E-state index is 12.8. The fourth-order valence-corrected chi connectivity index (χ4v) is 3.49. The van der Waals surface area contributed by atoms with Crippen molar-refractivity contribution in [3.63, 3.8) is 0 Å². The molecule has 0 unspecified atom stereocenters. The van der Waals surface area contributed by atoms with Gasteiger partial charge in [-0.15, -0.1) is 0 Å². The van der Waals surface area contributed by atoms with Crippen LogP contribution in [-0.4, -0.2) is 25.8 Å². The summed E-state index contributed by atoms with van der Waals surface area (Å²) in [7, 11) is 0. The van der Waals surface area contributed by atoms with E-state index in [0.29, 0.717) is 17.2 Å². The van der Waals surface area contributed by atoms with Crippen molar-refractivity contribution in [3.8, 4) is 22.6 Å². The molecule has 152 valence electrons. The lowest BCUT2D eigenvalue weighted by Crippen LogP contribution is -2.19. The number of carbonyl (C=O) groups excluding carboxylic acids is 1. The number of nitrogens with two attached hydrogens (primary N) is 1. The van der Waals surface area contributed by atoms with E-state index in [4.69, 9.17) is 10.4 Å².